The van der Waals surface area contributed by atoms with Crippen molar-refractivity contribution in [1.29, 1.82) is 0 Å². The maximum atomic E-state index is 14.4. The molecule has 1 saturated heterocycles. The Morgan fingerprint density at radius 1 is 1.04 bits per heavy atom. The number of piperazine rings is 1. The van der Waals surface area contributed by atoms with E-state index >= 15 is 0 Å². The Labute approximate surface area is 275 Å². The fourth-order valence-corrected chi connectivity index (χ4v) is 7.86. The first-order valence-corrected chi connectivity index (χ1v) is 17.3. The molecule has 3 heterocycles. The predicted molar refractivity (Wildman–Crippen MR) is 184 cm³/mol. The Balaban J connectivity index is 1.22. The summed E-state index contributed by atoms with van der Waals surface area (Å²) in [4.78, 5) is 34.2. The number of carbonyl (C=O) groups excluding carboxylic acids is 2. The van der Waals surface area contributed by atoms with Crippen molar-refractivity contribution in [1.82, 2.24) is 20.4 Å². The highest BCUT2D eigenvalue weighted by Crippen LogP contribution is 2.39. The van der Waals surface area contributed by atoms with E-state index in [1.54, 1.807) is 28.4 Å². The Morgan fingerprint density at radius 2 is 1.80 bits per heavy atom. The van der Waals surface area contributed by atoms with Crippen molar-refractivity contribution >= 4 is 34.6 Å². The number of urea groups is 1. The second-order valence-corrected chi connectivity index (χ2v) is 13.9. The van der Waals surface area contributed by atoms with Crippen LogP contribution >= 0.6 is 11.3 Å². The van der Waals surface area contributed by atoms with Crippen molar-refractivity contribution in [2.24, 2.45) is 11.8 Å². The summed E-state index contributed by atoms with van der Waals surface area (Å²) in [5.74, 6) is -0.303. The number of rotatable bonds is 9. The van der Waals surface area contributed by atoms with Gasteiger partial charge in [0.2, 0.25) is 5.91 Å². The van der Waals surface area contributed by atoms with Crippen molar-refractivity contribution in [3.63, 3.8) is 0 Å². The van der Waals surface area contributed by atoms with Crippen LogP contribution in [-0.2, 0) is 11.3 Å². The highest BCUT2D eigenvalue weighted by molar-refractivity contribution is 7.08. The van der Waals surface area contributed by atoms with Gasteiger partial charge in [-0.1, -0.05) is 31.9 Å². The normalized spacial score (nSPS) is 20.8. The molecule has 244 valence electrons. The van der Waals surface area contributed by atoms with Gasteiger partial charge in [-0.15, -0.1) is 0 Å². The maximum Gasteiger partial charge on any atom is 0.318 e. The number of benzene rings is 2. The summed E-state index contributed by atoms with van der Waals surface area (Å²) in [7, 11) is 4.05. The second kappa shape index (κ2) is 14.3. The summed E-state index contributed by atoms with van der Waals surface area (Å²) >= 11 is 1.62. The molecule has 6 rings (SSSR count). The Bertz CT molecular complexity index is 1530. The number of anilines is 2. The second-order valence-electron chi connectivity index (χ2n) is 13.1. The summed E-state index contributed by atoms with van der Waals surface area (Å²) in [5.41, 5.74) is 6.01. The van der Waals surface area contributed by atoms with Gasteiger partial charge in [0, 0.05) is 67.5 Å². The highest BCUT2D eigenvalue weighted by atomic mass is 32.1. The van der Waals surface area contributed by atoms with Crippen LogP contribution in [0.15, 0.2) is 71.1 Å². The molecule has 3 amide bonds. The minimum absolute atomic E-state index is 0.195. The number of thiophene rings is 1. The van der Waals surface area contributed by atoms with Gasteiger partial charge in [-0.25, -0.2) is 9.18 Å². The zero-order valence-corrected chi connectivity index (χ0v) is 27.8. The summed E-state index contributed by atoms with van der Waals surface area (Å²) < 4.78 is 13.5. The molecule has 2 aliphatic heterocycles. The Morgan fingerprint density at radius 3 is 2.52 bits per heavy atom. The third kappa shape index (κ3) is 7.23. The number of nitrogens with one attached hydrogen (secondary N) is 3. The molecule has 3 aliphatic rings. The topological polar surface area (TPSA) is 80.0 Å². The number of hydrogen-bond acceptors (Lipinski definition) is 6. The first-order valence-electron chi connectivity index (χ1n) is 16.4. The molecule has 1 saturated carbocycles. The zero-order valence-electron chi connectivity index (χ0n) is 27.0. The van der Waals surface area contributed by atoms with E-state index in [2.05, 4.69) is 68.5 Å². The maximum absolute atomic E-state index is 14.4. The van der Waals surface area contributed by atoms with Crippen LogP contribution in [0.2, 0.25) is 0 Å². The number of hydrogen-bond donors (Lipinski definition) is 3. The molecular formula is C36H45FN6O2S. The van der Waals surface area contributed by atoms with Gasteiger partial charge < -0.3 is 30.7 Å². The van der Waals surface area contributed by atoms with Crippen LogP contribution in [0, 0.1) is 17.7 Å². The molecule has 10 heteroatoms. The van der Waals surface area contributed by atoms with Gasteiger partial charge in [-0.05, 0) is 97.0 Å². The van der Waals surface area contributed by atoms with Crippen molar-refractivity contribution in [3.05, 3.63) is 82.4 Å². The molecule has 2 aromatic carbocycles. The lowest BCUT2D eigenvalue weighted by molar-refractivity contribution is -0.118. The largest absolute Gasteiger partial charge is 0.388 e. The van der Waals surface area contributed by atoms with E-state index in [0.29, 0.717) is 38.1 Å². The van der Waals surface area contributed by atoms with Gasteiger partial charge in [-0.3, -0.25) is 4.79 Å². The number of fused-ring (bicyclic) bond motifs is 1. The molecule has 0 spiro atoms. The first-order chi connectivity index (χ1) is 22.3. The molecule has 1 aromatic heterocycles. The van der Waals surface area contributed by atoms with Gasteiger partial charge in [0.1, 0.15) is 11.9 Å². The lowest BCUT2D eigenvalue weighted by Crippen LogP contribution is -2.57. The summed E-state index contributed by atoms with van der Waals surface area (Å²) in [6, 6.07) is 14.2. The van der Waals surface area contributed by atoms with E-state index in [4.69, 9.17) is 0 Å². The molecular weight excluding hydrogens is 600 g/mol. The van der Waals surface area contributed by atoms with Crippen molar-refractivity contribution in [2.45, 2.75) is 51.2 Å². The molecule has 3 N–H and O–H groups in total. The molecule has 0 bridgehead atoms. The number of amides is 3. The highest BCUT2D eigenvalue weighted by Gasteiger charge is 2.39. The van der Waals surface area contributed by atoms with Crippen LogP contribution in [0.3, 0.4) is 0 Å². The summed E-state index contributed by atoms with van der Waals surface area (Å²) in [6.07, 6.45) is 6.71. The average Bonchev–Trinajstić information content (AvgIpc) is 3.74. The zero-order chi connectivity index (χ0) is 32.2. The fraction of sp³-hybridized carbons (Fsp3) is 0.444. The quantitative estimate of drug-likeness (QED) is 0.261. The van der Waals surface area contributed by atoms with E-state index in [1.165, 1.54) is 30.5 Å². The van der Waals surface area contributed by atoms with Gasteiger partial charge >= 0.3 is 6.03 Å². The van der Waals surface area contributed by atoms with Crippen LogP contribution in [0.25, 0.3) is 11.1 Å². The monoisotopic (exact) mass is 644 g/mol. The van der Waals surface area contributed by atoms with Crippen molar-refractivity contribution < 1.29 is 14.0 Å². The van der Waals surface area contributed by atoms with Gasteiger partial charge in [0.25, 0.3) is 0 Å². The SMILES string of the molecule is C[C@@H](C1=CNC2CCCCC12)[C@@H](NC(=O)N1CCN(c2ccc(F)cc2)CC1)C(=O)Nc1cc(CN(C)C)ccc1-c1ccsc1. The average molecular weight is 645 g/mol. The van der Waals surface area contributed by atoms with Gasteiger partial charge in [0.15, 0.2) is 0 Å². The Hall–Kier alpha value is -3.89. The van der Waals surface area contributed by atoms with E-state index in [1.807, 2.05) is 19.5 Å². The standard InChI is InChI=1S/C36H45FN6O2S/c1-24(31-21-38-32-7-5-4-6-30(31)32)34(40-36(45)43-17-15-42(16-18-43)28-11-9-27(37)10-12-28)35(44)39-33-20-25(22-41(2)3)8-13-29(33)26-14-19-46-23-26/h8-14,19-21,23-24,30,32,34,38H,4-7,15-18,22H2,1-3H3,(H,39,44)(H,40,45)/t24-,30?,32?,34+/m0/s1. The smallest absolute Gasteiger partial charge is 0.318 e. The molecule has 4 atom stereocenters. The Kier molecular flexibility index (Phi) is 9.94. The minimum atomic E-state index is -0.760. The van der Waals surface area contributed by atoms with E-state index < -0.39 is 6.04 Å². The lowest BCUT2D eigenvalue weighted by atomic mass is 9.76. The molecule has 1 aliphatic carbocycles. The van der Waals surface area contributed by atoms with Crippen molar-refractivity contribution in [3.8, 4) is 11.1 Å². The number of halogens is 1. The molecule has 0 radical (unpaired) electrons. The summed E-state index contributed by atoms with van der Waals surface area (Å²) in [5, 5.41) is 14.1. The van der Waals surface area contributed by atoms with Crippen molar-refractivity contribution in [2.75, 3.05) is 50.5 Å². The third-order valence-electron chi connectivity index (χ3n) is 9.68. The first kappa shape index (κ1) is 32.1. The minimum Gasteiger partial charge on any atom is -0.388 e. The number of carbonyl (C=O) groups is 2. The van der Waals surface area contributed by atoms with Crippen LogP contribution in [0.5, 0.6) is 0 Å². The predicted octanol–water partition coefficient (Wildman–Crippen LogP) is 6.14. The molecule has 2 fully saturated rings. The fourth-order valence-electron chi connectivity index (χ4n) is 7.20. The van der Waals surface area contributed by atoms with E-state index in [-0.39, 0.29) is 23.7 Å². The van der Waals surface area contributed by atoms with Crippen LogP contribution in [0.4, 0.5) is 20.6 Å². The van der Waals surface area contributed by atoms with E-state index in [0.717, 1.165) is 47.5 Å². The van der Waals surface area contributed by atoms with Crippen LogP contribution in [0.1, 0.15) is 38.2 Å². The van der Waals surface area contributed by atoms with Crippen LogP contribution in [-0.4, -0.2) is 74.1 Å². The molecule has 3 aromatic rings. The lowest BCUT2D eigenvalue weighted by Gasteiger charge is -2.37. The molecule has 46 heavy (non-hydrogen) atoms. The molecule has 2 unspecified atom stereocenters. The van der Waals surface area contributed by atoms with Gasteiger partial charge in [-0.2, -0.15) is 11.3 Å². The van der Waals surface area contributed by atoms with Crippen LogP contribution < -0.4 is 20.9 Å². The molecule has 8 nitrogen and oxygen atoms in total. The van der Waals surface area contributed by atoms with Gasteiger partial charge in [0.05, 0.1) is 0 Å². The number of nitrogens with zero attached hydrogens (tertiary/aromatic N) is 3. The summed E-state index contributed by atoms with van der Waals surface area (Å²) in [6.45, 7) is 5.10. The van der Waals surface area contributed by atoms with E-state index in [9.17, 15) is 14.0 Å². The third-order valence-corrected chi connectivity index (χ3v) is 10.4.